The molecule has 7 nitrogen and oxygen atoms in total. The van der Waals surface area contributed by atoms with Crippen molar-refractivity contribution in [3.8, 4) is 0 Å². The molecular weight excluding hydrogens is 280 g/mol. The fourth-order valence-corrected chi connectivity index (χ4v) is 2.51. The number of aromatic nitrogens is 4. The van der Waals surface area contributed by atoms with Crippen LogP contribution in [-0.4, -0.2) is 50.4 Å². The molecule has 1 saturated heterocycles. The number of aromatic amines is 1. The number of imidazole rings is 1. The summed E-state index contributed by atoms with van der Waals surface area (Å²) in [6.45, 7) is 1.87. The topological polar surface area (TPSA) is 86.8 Å². The molecule has 0 aromatic carbocycles. The zero-order valence-corrected chi connectivity index (χ0v) is 11.7. The smallest absolute Gasteiger partial charge is 0.241 e. The Bertz CT molecular complexity index is 621. The summed E-state index contributed by atoms with van der Waals surface area (Å²) in [5.74, 6) is 0.579. The highest BCUT2D eigenvalue weighted by Gasteiger charge is 2.17. The van der Waals surface area contributed by atoms with Crippen molar-refractivity contribution < 1.29 is 4.79 Å². The van der Waals surface area contributed by atoms with Crippen LogP contribution in [-0.2, 0) is 4.79 Å². The number of H-pyrrole nitrogens is 1. The summed E-state index contributed by atoms with van der Waals surface area (Å²) in [4.78, 5) is 29.0. The number of likely N-dealkylation sites (tertiary alicyclic amines) is 1. The maximum absolute atomic E-state index is 12.1. The minimum atomic E-state index is 0.0760. The van der Waals surface area contributed by atoms with Crippen LogP contribution in [0.2, 0.25) is 5.28 Å². The van der Waals surface area contributed by atoms with E-state index >= 15 is 0 Å². The fourth-order valence-electron chi connectivity index (χ4n) is 2.35. The van der Waals surface area contributed by atoms with E-state index in [9.17, 15) is 4.79 Å². The molecule has 1 aliphatic rings. The zero-order chi connectivity index (χ0) is 13.9. The molecule has 2 aromatic rings. The molecule has 0 saturated carbocycles. The van der Waals surface area contributed by atoms with Gasteiger partial charge in [-0.3, -0.25) is 4.79 Å². The van der Waals surface area contributed by atoms with Crippen LogP contribution < -0.4 is 5.32 Å². The lowest BCUT2D eigenvalue weighted by molar-refractivity contribution is -0.130. The van der Waals surface area contributed by atoms with Gasteiger partial charge in [0.25, 0.3) is 0 Å². The number of rotatable bonds is 3. The summed E-state index contributed by atoms with van der Waals surface area (Å²) >= 11 is 5.83. The Labute approximate surface area is 120 Å². The van der Waals surface area contributed by atoms with E-state index in [2.05, 4.69) is 25.3 Å². The van der Waals surface area contributed by atoms with Crippen molar-refractivity contribution in [2.45, 2.75) is 19.3 Å². The molecule has 1 amide bonds. The van der Waals surface area contributed by atoms with Crippen LogP contribution in [0.25, 0.3) is 11.2 Å². The molecule has 20 heavy (non-hydrogen) atoms. The normalized spacial score (nSPS) is 15.6. The molecule has 0 atom stereocenters. The summed E-state index contributed by atoms with van der Waals surface area (Å²) in [6, 6.07) is 0. The van der Waals surface area contributed by atoms with Crippen molar-refractivity contribution in [3.63, 3.8) is 0 Å². The highest BCUT2D eigenvalue weighted by molar-refractivity contribution is 6.28. The lowest BCUT2D eigenvalue weighted by Gasteiger charge is -2.26. The van der Waals surface area contributed by atoms with Gasteiger partial charge in [-0.1, -0.05) is 0 Å². The summed E-state index contributed by atoms with van der Waals surface area (Å²) in [7, 11) is 0. The lowest BCUT2D eigenvalue weighted by atomic mass is 10.1. The zero-order valence-electron chi connectivity index (χ0n) is 10.9. The van der Waals surface area contributed by atoms with Gasteiger partial charge in [0.15, 0.2) is 11.5 Å². The fraction of sp³-hybridized carbons (Fsp3) is 0.500. The lowest BCUT2D eigenvalue weighted by Crippen LogP contribution is -2.39. The molecule has 0 aliphatic carbocycles. The number of fused-ring (bicyclic) bond motifs is 1. The van der Waals surface area contributed by atoms with Crippen LogP contribution in [0.5, 0.6) is 0 Å². The van der Waals surface area contributed by atoms with Crippen LogP contribution in [0.3, 0.4) is 0 Å². The van der Waals surface area contributed by atoms with E-state index in [0.29, 0.717) is 17.0 Å². The van der Waals surface area contributed by atoms with Gasteiger partial charge < -0.3 is 15.2 Å². The van der Waals surface area contributed by atoms with E-state index in [1.54, 1.807) is 0 Å². The number of hydrogen-bond acceptors (Lipinski definition) is 5. The maximum atomic E-state index is 12.1. The van der Waals surface area contributed by atoms with Crippen molar-refractivity contribution >= 4 is 34.5 Å². The Morgan fingerprint density at radius 3 is 2.95 bits per heavy atom. The summed E-state index contributed by atoms with van der Waals surface area (Å²) in [5.41, 5.74) is 1.14. The number of nitrogens with one attached hydrogen (secondary N) is 2. The quantitative estimate of drug-likeness (QED) is 0.836. The second kappa shape index (κ2) is 5.62. The second-order valence-electron chi connectivity index (χ2n) is 4.74. The van der Waals surface area contributed by atoms with Crippen molar-refractivity contribution in [3.05, 3.63) is 11.6 Å². The van der Waals surface area contributed by atoms with E-state index in [0.717, 1.165) is 25.9 Å². The van der Waals surface area contributed by atoms with Crippen LogP contribution in [0.4, 0.5) is 5.82 Å². The van der Waals surface area contributed by atoms with E-state index in [-0.39, 0.29) is 17.7 Å². The Balaban J connectivity index is 1.70. The van der Waals surface area contributed by atoms with Gasteiger partial charge in [-0.05, 0) is 30.9 Å². The molecule has 0 spiro atoms. The first-order valence-electron chi connectivity index (χ1n) is 6.62. The SMILES string of the molecule is O=C(CNc1nc(Cl)nc2nc[nH]c12)N1CCCCC1. The number of piperidine rings is 1. The van der Waals surface area contributed by atoms with Gasteiger partial charge in [-0.15, -0.1) is 0 Å². The first-order valence-corrected chi connectivity index (χ1v) is 7.00. The van der Waals surface area contributed by atoms with Crippen LogP contribution >= 0.6 is 11.6 Å². The summed E-state index contributed by atoms with van der Waals surface area (Å²) in [6.07, 6.45) is 4.88. The molecule has 3 rings (SSSR count). The number of nitrogens with zero attached hydrogens (tertiary/aromatic N) is 4. The monoisotopic (exact) mass is 294 g/mol. The Morgan fingerprint density at radius 2 is 2.15 bits per heavy atom. The highest BCUT2D eigenvalue weighted by atomic mass is 35.5. The van der Waals surface area contributed by atoms with Crippen LogP contribution in [0.15, 0.2) is 6.33 Å². The second-order valence-corrected chi connectivity index (χ2v) is 5.08. The van der Waals surface area contributed by atoms with Gasteiger partial charge in [0, 0.05) is 13.1 Å². The van der Waals surface area contributed by atoms with E-state index < -0.39 is 0 Å². The number of carbonyl (C=O) groups excluding carboxylic acids is 1. The molecule has 3 heterocycles. The van der Waals surface area contributed by atoms with Crippen LogP contribution in [0.1, 0.15) is 19.3 Å². The molecule has 0 bridgehead atoms. The first kappa shape index (κ1) is 13.1. The maximum Gasteiger partial charge on any atom is 0.241 e. The first-order chi connectivity index (χ1) is 9.74. The number of anilines is 1. The van der Waals surface area contributed by atoms with E-state index in [4.69, 9.17) is 11.6 Å². The third-order valence-corrected chi connectivity index (χ3v) is 3.54. The molecular formula is C12H15ClN6O. The third-order valence-electron chi connectivity index (χ3n) is 3.37. The van der Waals surface area contributed by atoms with Gasteiger partial charge in [0.1, 0.15) is 5.52 Å². The van der Waals surface area contributed by atoms with E-state index in [1.165, 1.54) is 12.7 Å². The Morgan fingerprint density at radius 1 is 1.35 bits per heavy atom. The molecule has 0 radical (unpaired) electrons. The predicted molar refractivity (Wildman–Crippen MR) is 75.6 cm³/mol. The average Bonchev–Trinajstić information content (AvgIpc) is 2.93. The van der Waals surface area contributed by atoms with Gasteiger partial charge >= 0.3 is 0 Å². The number of carbonyl (C=O) groups is 1. The summed E-state index contributed by atoms with van der Waals surface area (Å²) < 4.78 is 0. The van der Waals surface area contributed by atoms with Crippen LogP contribution in [0, 0.1) is 0 Å². The largest absolute Gasteiger partial charge is 0.359 e. The summed E-state index contributed by atoms with van der Waals surface area (Å²) in [5, 5.41) is 3.12. The van der Waals surface area contributed by atoms with Crippen molar-refractivity contribution in [2.75, 3.05) is 25.0 Å². The van der Waals surface area contributed by atoms with Crippen molar-refractivity contribution in [1.29, 1.82) is 0 Å². The molecule has 2 N–H and O–H groups in total. The van der Waals surface area contributed by atoms with Crippen molar-refractivity contribution in [2.24, 2.45) is 0 Å². The third kappa shape index (κ3) is 2.67. The number of hydrogen-bond donors (Lipinski definition) is 2. The molecule has 2 aromatic heterocycles. The standard InChI is InChI=1S/C12H15ClN6O/c13-12-17-10(9-11(18-12)16-7-15-9)14-6-8(20)19-4-2-1-3-5-19/h7H,1-6H2,(H2,14,15,16,17,18). The minimum Gasteiger partial charge on any atom is -0.359 e. The molecule has 8 heteroatoms. The molecule has 106 valence electrons. The van der Waals surface area contributed by atoms with Crippen molar-refractivity contribution in [1.82, 2.24) is 24.8 Å². The molecule has 0 unspecified atom stereocenters. The van der Waals surface area contributed by atoms with Gasteiger partial charge in [-0.25, -0.2) is 4.98 Å². The average molecular weight is 295 g/mol. The Kier molecular flexibility index (Phi) is 3.68. The number of amides is 1. The molecule has 1 fully saturated rings. The van der Waals surface area contributed by atoms with Gasteiger partial charge in [-0.2, -0.15) is 9.97 Å². The molecule has 1 aliphatic heterocycles. The number of halogens is 1. The predicted octanol–water partition coefficient (Wildman–Crippen LogP) is 1.43. The minimum absolute atomic E-state index is 0.0760. The van der Waals surface area contributed by atoms with Gasteiger partial charge in [0.2, 0.25) is 11.2 Å². The Hall–Kier alpha value is -1.89. The van der Waals surface area contributed by atoms with Gasteiger partial charge in [0.05, 0.1) is 12.9 Å². The highest BCUT2D eigenvalue weighted by Crippen LogP contribution is 2.18. The van der Waals surface area contributed by atoms with E-state index in [1.807, 2.05) is 4.90 Å².